The predicted octanol–water partition coefficient (Wildman–Crippen LogP) is 2.82. The average molecular weight is 393 g/mol. The van der Waals surface area contributed by atoms with Crippen molar-refractivity contribution in [3.63, 3.8) is 0 Å². The number of thiophene rings is 1. The number of carbonyl (C=O) groups is 1. The van der Waals surface area contributed by atoms with Gasteiger partial charge in [-0.2, -0.15) is 0 Å². The maximum absolute atomic E-state index is 12.0. The fourth-order valence-electron chi connectivity index (χ4n) is 1.81. The monoisotopic (exact) mass is 392 g/mol. The van der Waals surface area contributed by atoms with Crippen LogP contribution in [0.3, 0.4) is 0 Å². The zero-order valence-corrected chi connectivity index (χ0v) is 15.2. The lowest BCUT2D eigenvalue weighted by molar-refractivity contribution is -0.120. The number of halogens is 2. The van der Waals surface area contributed by atoms with Crippen molar-refractivity contribution in [1.82, 2.24) is 10.0 Å². The van der Waals surface area contributed by atoms with Gasteiger partial charge < -0.3 is 5.32 Å². The molecule has 2 N–H and O–H groups in total. The molecule has 1 aromatic carbocycles. The minimum atomic E-state index is -3.45. The minimum absolute atomic E-state index is 0.0611. The van der Waals surface area contributed by atoms with Crippen molar-refractivity contribution in [2.45, 2.75) is 17.2 Å². The first-order valence-electron chi connectivity index (χ1n) is 6.55. The number of carbonyl (C=O) groups excluding carboxylic acids is 1. The van der Waals surface area contributed by atoms with E-state index in [1.165, 1.54) is 13.1 Å². The zero-order chi connectivity index (χ0) is 17.0. The van der Waals surface area contributed by atoms with E-state index in [2.05, 4.69) is 10.0 Å². The molecule has 23 heavy (non-hydrogen) atoms. The third-order valence-electron chi connectivity index (χ3n) is 3.03. The lowest BCUT2D eigenvalue weighted by Gasteiger charge is -2.07. The molecule has 0 aliphatic carbocycles. The summed E-state index contributed by atoms with van der Waals surface area (Å²) in [5.41, 5.74) is 0.568. The Kier molecular flexibility index (Phi) is 6.05. The molecule has 1 amide bonds. The molecule has 0 aliphatic rings. The third kappa shape index (κ3) is 4.68. The van der Waals surface area contributed by atoms with E-state index in [4.69, 9.17) is 23.2 Å². The Morgan fingerprint density at radius 2 is 1.83 bits per heavy atom. The Balaban J connectivity index is 1.98. The largest absolute Gasteiger partial charge is 0.351 e. The molecule has 0 spiro atoms. The van der Waals surface area contributed by atoms with Gasteiger partial charge >= 0.3 is 0 Å². The molecule has 0 radical (unpaired) electrons. The van der Waals surface area contributed by atoms with Crippen LogP contribution in [0.25, 0.3) is 0 Å². The number of amides is 1. The molecule has 124 valence electrons. The molecule has 0 unspecified atom stereocenters. The molecule has 1 aromatic heterocycles. The van der Waals surface area contributed by atoms with E-state index < -0.39 is 10.0 Å². The molecule has 0 aliphatic heterocycles. The van der Waals surface area contributed by atoms with Crippen molar-refractivity contribution in [2.24, 2.45) is 0 Å². The van der Waals surface area contributed by atoms with Crippen molar-refractivity contribution in [2.75, 3.05) is 7.05 Å². The first-order valence-corrected chi connectivity index (χ1v) is 9.61. The summed E-state index contributed by atoms with van der Waals surface area (Å²) < 4.78 is 25.8. The van der Waals surface area contributed by atoms with E-state index in [0.29, 0.717) is 15.6 Å². The van der Waals surface area contributed by atoms with Crippen molar-refractivity contribution in [3.05, 3.63) is 50.8 Å². The van der Waals surface area contributed by atoms with Gasteiger partial charge in [0.1, 0.15) is 4.21 Å². The molecule has 0 saturated carbocycles. The van der Waals surface area contributed by atoms with Crippen molar-refractivity contribution in [1.29, 1.82) is 0 Å². The maximum Gasteiger partial charge on any atom is 0.249 e. The summed E-state index contributed by atoms with van der Waals surface area (Å²) in [7, 11) is -2.10. The molecular formula is C14H14Cl2N2O3S2. The highest BCUT2D eigenvalue weighted by atomic mass is 35.5. The van der Waals surface area contributed by atoms with Crippen LogP contribution in [-0.4, -0.2) is 21.4 Å². The number of rotatable bonds is 6. The molecule has 2 rings (SSSR count). The Morgan fingerprint density at radius 3 is 2.43 bits per heavy atom. The molecule has 0 atom stereocenters. The van der Waals surface area contributed by atoms with Gasteiger partial charge in [-0.15, -0.1) is 11.3 Å². The zero-order valence-electron chi connectivity index (χ0n) is 12.1. The van der Waals surface area contributed by atoms with E-state index >= 15 is 0 Å². The molecule has 0 fully saturated rings. The highest BCUT2D eigenvalue weighted by molar-refractivity contribution is 7.91. The fraction of sp³-hybridized carbons (Fsp3) is 0.214. The highest BCUT2D eigenvalue weighted by Gasteiger charge is 2.15. The van der Waals surface area contributed by atoms with E-state index in [9.17, 15) is 13.2 Å². The van der Waals surface area contributed by atoms with Gasteiger partial charge in [-0.3, -0.25) is 4.79 Å². The number of hydrogen-bond acceptors (Lipinski definition) is 4. The Morgan fingerprint density at radius 1 is 1.17 bits per heavy atom. The molecule has 2 aromatic rings. The lowest BCUT2D eigenvalue weighted by Crippen LogP contribution is -2.24. The van der Waals surface area contributed by atoms with E-state index in [1.807, 2.05) is 0 Å². The van der Waals surface area contributed by atoms with Crippen LogP contribution in [-0.2, 0) is 27.8 Å². The first-order chi connectivity index (χ1) is 10.8. The van der Waals surface area contributed by atoms with E-state index in [1.54, 1.807) is 24.3 Å². The second-order valence-electron chi connectivity index (χ2n) is 4.58. The molecule has 9 heteroatoms. The maximum atomic E-state index is 12.0. The number of sulfonamides is 1. The SMILES string of the molecule is CNS(=O)(=O)c1ccc(CNC(=O)Cc2c(Cl)cccc2Cl)s1. The smallest absolute Gasteiger partial charge is 0.249 e. The van der Waals surface area contributed by atoms with Crippen molar-refractivity contribution < 1.29 is 13.2 Å². The average Bonchev–Trinajstić information content (AvgIpc) is 2.99. The Bertz CT molecular complexity index is 799. The van der Waals surface area contributed by atoms with Crippen LogP contribution < -0.4 is 10.0 Å². The summed E-state index contributed by atoms with van der Waals surface area (Å²) in [4.78, 5) is 12.7. The van der Waals surface area contributed by atoms with Crippen LogP contribution in [0.1, 0.15) is 10.4 Å². The predicted molar refractivity (Wildman–Crippen MR) is 92.6 cm³/mol. The summed E-state index contributed by atoms with van der Waals surface area (Å²) in [5.74, 6) is -0.244. The summed E-state index contributed by atoms with van der Waals surface area (Å²) in [6, 6.07) is 8.22. The van der Waals surface area contributed by atoms with E-state index in [0.717, 1.165) is 16.2 Å². The van der Waals surface area contributed by atoms with Gasteiger partial charge in [0.15, 0.2) is 0 Å². The van der Waals surface area contributed by atoms with Gasteiger partial charge in [-0.05, 0) is 36.9 Å². The Labute approximate surface area is 148 Å². The van der Waals surface area contributed by atoms with Crippen LogP contribution >= 0.6 is 34.5 Å². The van der Waals surface area contributed by atoms with Crippen LogP contribution in [0.5, 0.6) is 0 Å². The molecule has 0 bridgehead atoms. The standard InChI is InChI=1S/C14H14Cl2N2O3S2/c1-17-23(20,21)14-6-5-9(22-14)8-18-13(19)7-10-11(15)3-2-4-12(10)16/h2-6,17H,7-8H2,1H3,(H,18,19). The summed E-state index contributed by atoms with van der Waals surface area (Å²) >= 11 is 13.2. The molecular weight excluding hydrogens is 379 g/mol. The number of nitrogens with one attached hydrogen (secondary N) is 2. The Hall–Kier alpha value is -1.12. The molecule has 5 nitrogen and oxygen atoms in total. The van der Waals surface area contributed by atoms with Gasteiger partial charge in [0.2, 0.25) is 15.9 Å². The van der Waals surface area contributed by atoms with Gasteiger partial charge in [-0.1, -0.05) is 29.3 Å². The second kappa shape index (κ2) is 7.63. The first kappa shape index (κ1) is 18.2. The van der Waals surface area contributed by atoms with Crippen LogP contribution in [0.4, 0.5) is 0 Å². The van der Waals surface area contributed by atoms with Crippen molar-refractivity contribution in [3.8, 4) is 0 Å². The third-order valence-corrected chi connectivity index (χ3v) is 6.73. The summed E-state index contributed by atoms with van der Waals surface area (Å²) in [5, 5.41) is 3.60. The molecule has 1 heterocycles. The van der Waals surface area contributed by atoms with Gasteiger partial charge in [0.05, 0.1) is 13.0 Å². The van der Waals surface area contributed by atoms with Gasteiger partial charge in [-0.25, -0.2) is 13.1 Å². The minimum Gasteiger partial charge on any atom is -0.351 e. The summed E-state index contributed by atoms with van der Waals surface area (Å²) in [6.07, 6.45) is 0.0611. The van der Waals surface area contributed by atoms with E-state index in [-0.39, 0.29) is 23.1 Å². The van der Waals surface area contributed by atoms with Crippen molar-refractivity contribution >= 4 is 50.5 Å². The van der Waals surface area contributed by atoms with Crippen LogP contribution in [0, 0.1) is 0 Å². The highest BCUT2D eigenvalue weighted by Crippen LogP contribution is 2.25. The number of hydrogen-bond donors (Lipinski definition) is 2. The van der Waals surface area contributed by atoms with Gasteiger partial charge in [0, 0.05) is 14.9 Å². The number of benzene rings is 1. The van der Waals surface area contributed by atoms with Crippen LogP contribution in [0.2, 0.25) is 10.0 Å². The summed E-state index contributed by atoms with van der Waals surface area (Å²) in [6.45, 7) is 0.241. The molecule has 0 saturated heterocycles. The van der Waals surface area contributed by atoms with Gasteiger partial charge in [0.25, 0.3) is 0 Å². The topological polar surface area (TPSA) is 75.3 Å². The van der Waals surface area contributed by atoms with Crippen LogP contribution in [0.15, 0.2) is 34.5 Å². The lowest BCUT2D eigenvalue weighted by atomic mass is 10.1. The quantitative estimate of drug-likeness (QED) is 0.793. The fourth-order valence-corrected chi connectivity index (χ4v) is 4.47. The second-order valence-corrected chi connectivity index (χ2v) is 8.68. The normalized spacial score (nSPS) is 11.4.